The van der Waals surface area contributed by atoms with Gasteiger partial charge in [0, 0.05) is 57.2 Å². The van der Waals surface area contributed by atoms with Crippen LogP contribution in [0.4, 0.5) is 24.5 Å². The summed E-state index contributed by atoms with van der Waals surface area (Å²) >= 11 is 0. The Hall–Kier alpha value is -1.84. The molecule has 1 spiro atoms. The molecule has 5 aliphatic rings. The number of alkyl halides is 3. The van der Waals surface area contributed by atoms with Crippen LogP contribution in [0.2, 0.25) is 0 Å². The minimum absolute atomic E-state index is 0.0293. The Balaban J connectivity index is 1.14. The van der Waals surface area contributed by atoms with E-state index in [0.717, 1.165) is 84.6 Å². The van der Waals surface area contributed by atoms with Crippen molar-refractivity contribution in [3.05, 3.63) is 23.8 Å². The molecule has 5 aliphatic heterocycles. The number of halogens is 3. The maximum absolute atomic E-state index is 14.4. The van der Waals surface area contributed by atoms with Crippen LogP contribution in [-0.4, -0.2) is 86.8 Å². The standard InChI is InChI=1S/C30H43F3N4O2/c1-22-3-2-12-36(22)25-6-13-35(21-25)24-4-5-27(26(19-24)30(31,32)33)37-16-11-29(28(37)38)9-14-34(15-10-29)20-23-7-17-39-18-8-23/h4-5,19,22-23,25H,2-3,6-18,20-21H2,1H3. The Labute approximate surface area is 230 Å². The van der Waals surface area contributed by atoms with Crippen molar-refractivity contribution in [2.75, 3.05) is 68.8 Å². The van der Waals surface area contributed by atoms with E-state index in [1.165, 1.54) is 23.8 Å². The fraction of sp³-hybridized carbons (Fsp3) is 0.767. The highest BCUT2D eigenvalue weighted by Gasteiger charge is 2.50. The van der Waals surface area contributed by atoms with Gasteiger partial charge in [0.05, 0.1) is 16.7 Å². The van der Waals surface area contributed by atoms with Crippen LogP contribution >= 0.6 is 0 Å². The summed E-state index contributed by atoms with van der Waals surface area (Å²) in [5.41, 5.74) is -0.562. The minimum atomic E-state index is -4.52. The zero-order chi connectivity index (χ0) is 27.2. The minimum Gasteiger partial charge on any atom is -0.381 e. The lowest BCUT2D eigenvalue weighted by molar-refractivity contribution is -0.137. The molecule has 1 amide bonds. The summed E-state index contributed by atoms with van der Waals surface area (Å²) in [6, 6.07) is 5.59. The van der Waals surface area contributed by atoms with E-state index in [1.807, 2.05) is 0 Å². The van der Waals surface area contributed by atoms with E-state index in [2.05, 4.69) is 21.6 Å². The van der Waals surface area contributed by atoms with Gasteiger partial charge in [-0.15, -0.1) is 0 Å². The molecule has 2 unspecified atom stereocenters. The van der Waals surface area contributed by atoms with Crippen molar-refractivity contribution in [2.24, 2.45) is 11.3 Å². The number of rotatable bonds is 5. The number of benzene rings is 1. The average molecular weight is 549 g/mol. The van der Waals surface area contributed by atoms with Crippen LogP contribution in [0.5, 0.6) is 0 Å². The molecule has 216 valence electrons. The van der Waals surface area contributed by atoms with Crippen LogP contribution < -0.4 is 9.80 Å². The number of carbonyl (C=O) groups excluding carboxylic acids is 1. The van der Waals surface area contributed by atoms with Gasteiger partial charge in [-0.1, -0.05) is 0 Å². The van der Waals surface area contributed by atoms with Gasteiger partial charge >= 0.3 is 6.18 Å². The molecule has 0 radical (unpaired) electrons. The van der Waals surface area contributed by atoms with Crippen LogP contribution in [0.15, 0.2) is 18.2 Å². The molecule has 1 aromatic carbocycles. The van der Waals surface area contributed by atoms with Gasteiger partial charge in [-0.2, -0.15) is 13.2 Å². The molecule has 0 aromatic heterocycles. The second-order valence-electron chi connectivity index (χ2n) is 12.7. The zero-order valence-corrected chi connectivity index (χ0v) is 23.2. The fourth-order valence-electron chi connectivity index (χ4n) is 7.90. The van der Waals surface area contributed by atoms with Gasteiger partial charge in [0.25, 0.3) is 0 Å². The van der Waals surface area contributed by atoms with E-state index in [-0.39, 0.29) is 11.6 Å². The first-order valence-electron chi connectivity index (χ1n) is 15.1. The average Bonchev–Trinajstić information content (AvgIpc) is 3.65. The lowest BCUT2D eigenvalue weighted by Crippen LogP contribution is -2.46. The monoisotopic (exact) mass is 548 g/mol. The van der Waals surface area contributed by atoms with Crippen molar-refractivity contribution >= 4 is 17.3 Å². The Kier molecular flexibility index (Phi) is 7.61. The summed E-state index contributed by atoms with van der Waals surface area (Å²) in [7, 11) is 0. The number of ether oxygens (including phenoxy) is 1. The van der Waals surface area contributed by atoms with Crippen molar-refractivity contribution in [3.8, 4) is 0 Å². The summed E-state index contributed by atoms with van der Waals surface area (Å²) in [6.45, 7) is 9.59. The van der Waals surface area contributed by atoms with Gasteiger partial charge < -0.3 is 19.4 Å². The highest BCUT2D eigenvalue weighted by Crippen LogP contribution is 2.47. The van der Waals surface area contributed by atoms with Gasteiger partial charge in [-0.05, 0) is 102 Å². The van der Waals surface area contributed by atoms with Gasteiger partial charge in [-0.25, -0.2) is 0 Å². The first-order valence-corrected chi connectivity index (χ1v) is 15.1. The molecule has 6 nitrogen and oxygen atoms in total. The molecule has 0 bridgehead atoms. The summed E-state index contributed by atoms with van der Waals surface area (Å²) in [5.74, 6) is 0.525. The van der Waals surface area contributed by atoms with Gasteiger partial charge in [0.2, 0.25) is 5.91 Å². The molecule has 9 heteroatoms. The van der Waals surface area contributed by atoms with Crippen molar-refractivity contribution in [1.29, 1.82) is 0 Å². The molecule has 5 heterocycles. The van der Waals surface area contributed by atoms with E-state index >= 15 is 0 Å². The first kappa shape index (κ1) is 27.3. The van der Waals surface area contributed by atoms with Crippen LogP contribution in [0.25, 0.3) is 0 Å². The van der Waals surface area contributed by atoms with E-state index in [9.17, 15) is 18.0 Å². The lowest BCUT2D eigenvalue weighted by atomic mass is 9.77. The van der Waals surface area contributed by atoms with Crippen molar-refractivity contribution in [2.45, 2.75) is 76.6 Å². The van der Waals surface area contributed by atoms with Crippen molar-refractivity contribution in [3.63, 3.8) is 0 Å². The highest BCUT2D eigenvalue weighted by atomic mass is 19.4. The van der Waals surface area contributed by atoms with E-state index in [1.54, 1.807) is 12.1 Å². The topological polar surface area (TPSA) is 39.3 Å². The second-order valence-corrected chi connectivity index (χ2v) is 12.7. The van der Waals surface area contributed by atoms with Crippen LogP contribution in [-0.2, 0) is 15.7 Å². The quantitative estimate of drug-likeness (QED) is 0.517. The number of hydrogen-bond donors (Lipinski definition) is 0. The van der Waals surface area contributed by atoms with Crippen molar-refractivity contribution < 1.29 is 22.7 Å². The Morgan fingerprint density at radius 1 is 0.974 bits per heavy atom. The molecule has 1 aromatic rings. The molecule has 5 fully saturated rings. The first-order chi connectivity index (χ1) is 18.7. The lowest BCUT2D eigenvalue weighted by Gasteiger charge is -2.39. The Morgan fingerprint density at radius 2 is 1.72 bits per heavy atom. The molecule has 5 saturated heterocycles. The molecule has 39 heavy (non-hydrogen) atoms. The van der Waals surface area contributed by atoms with E-state index in [4.69, 9.17) is 4.74 Å². The Morgan fingerprint density at radius 3 is 2.41 bits per heavy atom. The third-order valence-corrected chi connectivity index (χ3v) is 10.4. The van der Waals surface area contributed by atoms with Crippen LogP contribution in [0.1, 0.15) is 63.9 Å². The van der Waals surface area contributed by atoms with Gasteiger partial charge in [-0.3, -0.25) is 9.69 Å². The molecule has 0 saturated carbocycles. The number of anilines is 2. The van der Waals surface area contributed by atoms with Crippen LogP contribution in [0, 0.1) is 11.3 Å². The number of amides is 1. The van der Waals surface area contributed by atoms with Gasteiger partial charge in [0.1, 0.15) is 0 Å². The third kappa shape index (κ3) is 5.43. The molecular formula is C30H43F3N4O2. The highest BCUT2D eigenvalue weighted by molar-refractivity contribution is 6.00. The SMILES string of the molecule is CC1CCCN1C1CCN(c2ccc(N3CCC4(CCN(CC5CCOCC5)CC4)C3=O)c(C(F)(F)F)c2)C1. The van der Waals surface area contributed by atoms with E-state index in [0.29, 0.717) is 36.7 Å². The summed E-state index contributed by atoms with van der Waals surface area (Å²) in [4.78, 5) is 22.2. The summed E-state index contributed by atoms with van der Waals surface area (Å²) < 4.78 is 48.7. The Bertz CT molecular complexity index is 1040. The second kappa shape index (κ2) is 10.9. The number of carbonyl (C=O) groups is 1. The normalized spacial score (nSPS) is 29.3. The summed E-state index contributed by atoms with van der Waals surface area (Å²) in [5, 5.41) is 0. The van der Waals surface area contributed by atoms with Crippen LogP contribution in [0.3, 0.4) is 0 Å². The van der Waals surface area contributed by atoms with Crippen molar-refractivity contribution in [1.82, 2.24) is 9.80 Å². The van der Waals surface area contributed by atoms with E-state index < -0.39 is 17.2 Å². The smallest absolute Gasteiger partial charge is 0.381 e. The number of piperidine rings is 1. The molecule has 0 aliphatic carbocycles. The zero-order valence-electron chi connectivity index (χ0n) is 23.2. The predicted molar refractivity (Wildman–Crippen MR) is 146 cm³/mol. The molecule has 0 N–H and O–H groups in total. The number of hydrogen-bond acceptors (Lipinski definition) is 5. The fourth-order valence-corrected chi connectivity index (χ4v) is 7.90. The largest absolute Gasteiger partial charge is 0.418 e. The molecular weight excluding hydrogens is 505 g/mol. The van der Waals surface area contributed by atoms with Gasteiger partial charge in [0.15, 0.2) is 0 Å². The maximum Gasteiger partial charge on any atom is 0.418 e. The number of nitrogens with zero attached hydrogens (tertiary/aromatic N) is 4. The number of likely N-dealkylation sites (tertiary alicyclic amines) is 2. The maximum atomic E-state index is 14.4. The molecule has 2 atom stereocenters. The molecule has 6 rings (SSSR count). The third-order valence-electron chi connectivity index (χ3n) is 10.4. The summed E-state index contributed by atoms with van der Waals surface area (Å²) in [6.07, 6.45) is 3.12. The predicted octanol–water partition coefficient (Wildman–Crippen LogP) is 5.01.